The van der Waals surface area contributed by atoms with Gasteiger partial charge in [-0.15, -0.1) is 10.2 Å². The summed E-state index contributed by atoms with van der Waals surface area (Å²) in [6.07, 6.45) is 0.974. The highest BCUT2D eigenvalue weighted by molar-refractivity contribution is 6.29. The Hall–Kier alpha value is -1.16. The smallest absolute Gasteiger partial charge is 0.178 e. The molecule has 0 saturated carbocycles. The highest BCUT2D eigenvalue weighted by atomic mass is 35.5. The molecule has 80 valence electrons. The molecular weight excluding hydrogens is 212 g/mol. The SMILES string of the molecule is CCC(C)(C)c1nnc2ccc(Cl)nn12. The molecule has 0 amide bonds. The third-order valence-corrected chi connectivity index (χ3v) is 2.92. The molecule has 5 heteroatoms. The molecule has 15 heavy (non-hydrogen) atoms. The Kier molecular flexibility index (Phi) is 2.38. The van der Waals surface area contributed by atoms with E-state index < -0.39 is 0 Å². The van der Waals surface area contributed by atoms with Crippen molar-refractivity contribution in [2.75, 3.05) is 0 Å². The van der Waals surface area contributed by atoms with Crippen LogP contribution in [0.15, 0.2) is 12.1 Å². The average Bonchev–Trinajstić information content (AvgIpc) is 2.61. The zero-order valence-electron chi connectivity index (χ0n) is 9.03. The van der Waals surface area contributed by atoms with Crippen molar-refractivity contribution in [3.05, 3.63) is 23.1 Å². The summed E-state index contributed by atoms with van der Waals surface area (Å²) in [6, 6.07) is 3.53. The van der Waals surface area contributed by atoms with Crippen LogP contribution in [0.4, 0.5) is 0 Å². The molecule has 0 aliphatic rings. The number of halogens is 1. The monoisotopic (exact) mass is 224 g/mol. The van der Waals surface area contributed by atoms with Gasteiger partial charge in [0.25, 0.3) is 0 Å². The zero-order valence-corrected chi connectivity index (χ0v) is 9.78. The van der Waals surface area contributed by atoms with Gasteiger partial charge < -0.3 is 0 Å². The van der Waals surface area contributed by atoms with Crippen LogP contribution in [0.3, 0.4) is 0 Å². The van der Waals surface area contributed by atoms with E-state index in [0.29, 0.717) is 5.15 Å². The second kappa shape index (κ2) is 3.45. The molecule has 0 unspecified atom stereocenters. The van der Waals surface area contributed by atoms with Crippen LogP contribution in [0.5, 0.6) is 0 Å². The third kappa shape index (κ3) is 1.69. The minimum Gasteiger partial charge on any atom is -0.195 e. The van der Waals surface area contributed by atoms with E-state index >= 15 is 0 Å². The molecule has 2 heterocycles. The minimum atomic E-state index is -0.0445. The summed E-state index contributed by atoms with van der Waals surface area (Å²) in [5.41, 5.74) is 0.688. The van der Waals surface area contributed by atoms with E-state index in [1.54, 1.807) is 10.6 Å². The van der Waals surface area contributed by atoms with Crippen LogP contribution < -0.4 is 0 Å². The second-order valence-electron chi connectivity index (χ2n) is 4.19. The molecule has 0 radical (unpaired) electrons. The molecular formula is C10H13ClN4. The first-order valence-electron chi connectivity index (χ1n) is 4.93. The van der Waals surface area contributed by atoms with Crippen molar-refractivity contribution in [2.24, 2.45) is 0 Å². The molecule has 2 aromatic heterocycles. The van der Waals surface area contributed by atoms with E-state index in [-0.39, 0.29) is 5.41 Å². The van der Waals surface area contributed by atoms with Crippen molar-refractivity contribution < 1.29 is 0 Å². The number of rotatable bonds is 2. The highest BCUT2D eigenvalue weighted by Gasteiger charge is 2.25. The number of hydrogen-bond acceptors (Lipinski definition) is 3. The predicted molar refractivity (Wildman–Crippen MR) is 59.1 cm³/mol. The fourth-order valence-electron chi connectivity index (χ4n) is 1.35. The van der Waals surface area contributed by atoms with Gasteiger partial charge in [0.15, 0.2) is 11.5 Å². The first-order valence-corrected chi connectivity index (χ1v) is 5.31. The number of fused-ring (bicyclic) bond motifs is 1. The van der Waals surface area contributed by atoms with Gasteiger partial charge in [-0.05, 0) is 18.6 Å². The third-order valence-electron chi connectivity index (χ3n) is 2.72. The van der Waals surface area contributed by atoms with Gasteiger partial charge in [-0.3, -0.25) is 0 Å². The van der Waals surface area contributed by atoms with E-state index in [1.165, 1.54) is 0 Å². The fourth-order valence-corrected chi connectivity index (χ4v) is 1.49. The van der Waals surface area contributed by atoms with Crippen LogP contribution >= 0.6 is 11.6 Å². The Bertz CT molecular complexity index is 489. The normalized spacial score (nSPS) is 12.3. The van der Waals surface area contributed by atoms with E-state index in [1.807, 2.05) is 6.07 Å². The van der Waals surface area contributed by atoms with Gasteiger partial charge in [-0.2, -0.15) is 9.61 Å². The van der Waals surface area contributed by atoms with Crippen LogP contribution in [-0.4, -0.2) is 19.8 Å². The van der Waals surface area contributed by atoms with Crippen LogP contribution in [0.25, 0.3) is 5.65 Å². The molecule has 0 N–H and O–H groups in total. The van der Waals surface area contributed by atoms with Gasteiger partial charge in [0.1, 0.15) is 5.15 Å². The van der Waals surface area contributed by atoms with Gasteiger partial charge in [0, 0.05) is 5.41 Å². The summed E-state index contributed by atoms with van der Waals surface area (Å²) >= 11 is 5.85. The first kappa shape index (κ1) is 10.4. The van der Waals surface area contributed by atoms with Crippen molar-refractivity contribution in [3.63, 3.8) is 0 Å². The largest absolute Gasteiger partial charge is 0.195 e. The molecule has 0 aliphatic heterocycles. The summed E-state index contributed by atoms with van der Waals surface area (Å²) in [5.74, 6) is 0.850. The lowest BCUT2D eigenvalue weighted by atomic mass is 9.89. The molecule has 0 spiro atoms. The average molecular weight is 225 g/mol. The standard InChI is InChI=1S/C10H13ClN4/c1-4-10(2,3)9-13-12-8-6-5-7(11)14-15(8)9/h5-6H,4H2,1-3H3. The molecule has 0 saturated heterocycles. The summed E-state index contributed by atoms with van der Waals surface area (Å²) in [7, 11) is 0. The van der Waals surface area contributed by atoms with E-state index in [2.05, 4.69) is 36.1 Å². The van der Waals surface area contributed by atoms with Crippen molar-refractivity contribution >= 4 is 17.2 Å². The molecule has 2 rings (SSSR count). The van der Waals surface area contributed by atoms with E-state index in [4.69, 9.17) is 11.6 Å². The van der Waals surface area contributed by atoms with Gasteiger partial charge in [-0.25, -0.2) is 0 Å². The molecule has 0 bridgehead atoms. The molecule has 0 aliphatic carbocycles. The van der Waals surface area contributed by atoms with Crippen molar-refractivity contribution in [1.82, 2.24) is 19.8 Å². The zero-order chi connectivity index (χ0) is 11.1. The number of hydrogen-bond donors (Lipinski definition) is 0. The lowest BCUT2D eigenvalue weighted by molar-refractivity contribution is 0.460. The molecule has 2 aromatic rings. The summed E-state index contributed by atoms with van der Waals surface area (Å²) in [4.78, 5) is 0. The molecule has 0 aromatic carbocycles. The van der Waals surface area contributed by atoms with Crippen LogP contribution in [0.1, 0.15) is 33.0 Å². The van der Waals surface area contributed by atoms with Crippen molar-refractivity contribution in [1.29, 1.82) is 0 Å². The van der Waals surface area contributed by atoms with Crippen LogP contribution in [0, 0.1) is 0 Å². The summed E-state index contributed by atoms with van der Waals surface area (Å²) in [6.45, 7) is 6.35. The molecule has 4 nitrogen and oxygen atoms in total. The topological polar surface area (TPSA) is 43.1 Å². The van der Waals surface area contributed by atoms with Gasteiger partial charge in [-0.1, -0.05) is 32.4 Å². The van der Waals surface area contributed by atoms with Gasteiger partial charge in [0.05, 0.1) is 0 Å². The molecule has 0 atom stereocenters. The lowest BCUT2D eigenvalue weighted by Gasteiger charge is -2.19. The Labute approximate surface area is 93.3 Å². The lowest BCUT2D eigenvalue weighted by Crippen LogP contribution is -2.20. The van der Waals surface area contributed by atoms with Gasteiger partial charge >= 0.3 is 0 Å². The minimum absolute atomic E-state index is 0.0445. The Balaban J connectivity index is 2.67. The van der Waals surface area contributed by atoms with Crippen molar-refractivity contribution in [3.8, 4) is 0 Å². The molecule has 0 fully saturated rings. The highest BCUT2D eigenvalue weighted by Crippen LogP contribution is 2.24. The first-order chi connectivity index (χ1) is 7.04. The van der Waals surface area contributed by atoms with Crippen LogP contribution in [-0.2, 0) is 5.41 Å². The maximum atomic E-state index is 5.85. The summed E-state index contributed by atoms with van der Waals surface area (Å²) < 4.78 is 1.71. The summed E-state index contributed by atoms with van der Waals surface area (Å²) in [5, 5.41) is 12.9. The predicted octanol–water partition coefficient (Wildman–Crippen LogP) is 2.47. The number of nitrogens with zero attached hydrogens (tertiary/aromatic N) is 4. The van der Waals surface area contributed by atoms with E-state index in [9.17, 15) is 0 Å². The Morgan fingerprint density at radius 2 is 2.07 bits per heavy atom. The fraction of sp³-hybridized carbons (Fsp3) is 0.500. The maximum Gasteiger partial charge on any atom is 0.178 e. The maximum absolute atomic E-state index is 5.85. The quantitative estimate of drug-likeness (QED) is 0.787. The number of aromatic nitrogens is 4. The second-order valence-corrected chi connectivity index (χ2v) is 4.57. The van der Waals surface area contributed by atoms with E-state index in [0.717, 1.165) is 17.9 Å². The Morgan fingerprint density at radius 3 is 2.73 bits per heavy atom. The van der Waals surface area contributed by atoms with Crippen LogP contribution in [0.2, 0.25) is 5.15 Å². The van der Waals surface area contributed by atoms with Crippen molar-refractivity contribution in [2.45, 2.75) is 32.6 Å². The Morgan fingerprint density at radius 1 is 1.33 bits per heavy atom. The van der Waals surface area contributed by atoms with Gasteiger partial charge in [0.2, 0.25) is 0 Å².